The van der Waals surface area contributed by atoms with Gasteiger partial charge in [0.25, 0.3) is 0 Å². The lowest BCUT2D eigenvalue weighted by Crippen LogP contribution is -2.40. The Morgan fingerprint density at radius 1 is 1.35 bits per heavy atom. The summed E-state index contributed by atoms with van der Waals surface area (Å²) in [6.07, 6.45) is 2.02. The zero-order valence-corrected chi connectivity index (χ0v) is 11.8. The second-order valence-electron chi connectivity index (χ2n) is 4.36. The van der Waals surface area contributed by atoms with Gasteiger partial charge in [-0.1, -0.05) is 17.7 Å². The summed E-state index contributed by atoms with van der Waals surface area (Å²) in [5.74, 6) is -1.27. The Morgan fingerprint density at radius 3 is 2.45 bits per heavy atom. The maximum Gasteiger partial charge on any atom is 0.321 e. The summed E-state index contributed by atoms with van der Waals surface area (Å²) in [6, 6.07) is 4.83. The highest BCUT2D eigenvalue weighted by Gasteiger charge is 2.24. The van der Waals surface area contributed by atoms with Crippen LogP contribution in [-0.4, -0.2) is 31.8 Å². The molecular formula is C13H16NO5S. The highest BCUT2D eigenvalue weighted by Crippen LogP contribution is 2.12. The summed E-state index contributed by atoms with van der Waals surface area (Å²) in [6.45, 7) is 1.82. The summed E-state index contributed by atoms with van der Waals surface area (Å²) >= 11 is 0. The molecule has 6 nitrogen and oxygen atoms in total. The summed E-state index contributed by atoms with van der Waals surface area (Å²) in [5.41, 5.74) is 0.903. The van der Waals surface area contributed by atoms with Gasteiger partial charge in [0.05, 0.1) is 4.90 Å². The van der Waals surface area contributed by atoms with Crippen LogP contribution in [0.3, 0.4) is 0 Å². The van der Waals surface area contributed by atoms with Crippen LogP contribution in [-0.2, 0) is 19.6 Å². The number of hydrogen-bond donors (Lipinski definition) is 2. The Kier molecular flexibility index (Phi) is 5.84. The molecule has 0 heterocycles. The molecule has 1 aromatic rings. The molecule has 0 aliphatic rings. The van der Waals surface area contributed by atoms with Gasteiger partial charge in [-0.2, -0.15) is 4.72 Å². The van der Waals surface area contributed by atoms with Crippen LogP contribution in [0.2, 0.25) is 0 Å². The first-order valence-electron chi connectivity index (χ1n) is 6.03. The molecule has 1 atom stereocenters. The topological polar surface area (TPSA) is 101 Å². The molecular weight excluding hydrogens is 282 g/mol. The Balaban J connectivity index is 2.83. The number of hydrogen-bond acceptors (Lipinski definition) is 4. The van der Waals surface area contributed by atoms with Gasteiger partial charge in [0.15, 0.2) is 6.29 Å². The fraction of sp³-hybridized carbons (Fsp3) is 0.385. The van der Waals surface area contributed by atoms with Crippen molar-refractivity contribution in [3.63, 3.8) is 0 Å². The molecule has 0 amide bonds. The van der Waals surface area contributed by atoms with Crippen LogP contribution in [0.4, 0.5) is 0 Å². The molecule has 1 aromatic carbocycles. The van der Waals surface area contributed by atoms with Gasteiger partial charge < -0.3 is 5.11 Å². The zero-order chi connectivity index (χ0) is 15.2. The molecule has 0 saturated heterocycles. The predicted molar refractivity (Wildman–Crippen MR) is 72.5 cm³/mol. The molecule has 0 aromatic heterocycles. The molecule has 0 aliphatic heterocycles. The molecule has 0 bridgehead atoms. The average molecular weight is 298 g/mol. The molecule has 7 heteroatoms. The van der Waals surface area contributed by atoms with Crippen LogP contribution in [0.25, 0.3) is 0 Å². The summed E-state index contributed by atoms with van der Waals surface area (Å²) < 4.78 is 26.2. The highest BCUT2D eigenvalue weighted by atomic mass is 32.2. The van der Waals surface area contributed by atoms with Crippen LogP contribution >= 0.6 is 0 Å². The van der Waals surface area contributed by atoms with Gasteiger partial charge in [0.1, 0.15) is 6.04 Å². The second kappa shape index (κ2) is 7.16. The number of aryl methyl sites for hydroxylation is 1. The van der Waals surface area contributed by atoms with Crippen molar-refractivity contribution in [3.05, 3.63) is 29.8 Å². The molecule has 0 saturated carbocycles. The van der Waals surface area contributed by atoms with Crippen LogP contribution in [0.5, 0.6) is 0 Å². The SMILES string of the molecule is Cc1ccc(S(=O)(=O)NC(CCC[C]=O)C(=O)O)cc1. The highest BCUT2D eigenvalue weighted by molar-refractivity contribution is 7.89. The van der Waals surface area contributed by atoms with Crippen molar-refractivity contribution in [1.82, 2.24) is 4.72 Å². The van der Waals surface area contributed by atoms with Crippen molar-refractivity contribution in [3.8, 4) is 0 Å². The lowest BCUT2D eigenvalue weighted by atomic mass is 10.1. The van der Waals surface area contributed by atoms with Crippen LogP contribution in [0.1, 0.15) is 24.8 Å². The number of carbonyl (C=O) groups excluding carboxylic acids is 1. The molecule has 109 valence electrons. The van der Waals surface area contributed by atoms with Crippen LogP contribution < -0.4 is 4.72 Å². The first-order chi connectivity index (χ1) is 9.36. The van der Waals surface area contributed by atoms with E-state index < -0.39 is 22.0 Å². The van der Waals surface area contributed by atoms with Gasteiger partial charge in [-0.25, -0.2) is 8.42 Å². The number of benzene rings is 1. The monoisotopic (exact) mass is 298 g/mol. The standard InChI is InChI=1S/C13H16NO5S/c1-10-5-7-11(8-6-10)20(18,19)14-12(13(16)17)4-2-3-9-15/h5-8,12,14H,2-4H2,1H3,(H,16,17). The van der Waals surface area contributed by atoms with E-state index >= 15 is 0 Å². The molecule has 1 rings (SSSR count). The lowest BCUT2D eigenvalue weighted by Gasteiger charge is -2.14. The third kappa shape index (κ3) is 4.75. The number of unbranched alkanes of at least 4 members (excludes halogenated alkanes) is 1. The lowest BCUT2D eigenvalue weighted by molar-refractivity contribution is -0.139. The third-order valence-electron chi connectivity index (χ3n) is 2.70. The van der Waals surface area contributed by atoms with Crippen molar-refractivity contribution in [2.45, 2.75) is 37.1 Å². The van der Waals surface area contributed by atoms with E-state index in [4.69, 9.17) is 5.11 Å². The van der Waals surface area contributed by atoms with Crippen molar-refractivity contribution in [1.29, 1.82) is 0 Å². The number of carboxylic acid groups (broad SMARTS) is 1. The van der Waals surface area contributed by atoms with Gasteiger partial charge in [-0.3, -0.25) is 9.59 Å². The molecule has 1 unspecified atom stereocenters. The minimum atomic E-state index is -3.89. The molecule has 1 radical (unpaired) electrons. The third-order valence-corrected chi connectivity index (χ3v) is 4.19. The summed E-state index contributed by atoms with van der Waals surface area (Å²) in [4.78, 5) is 21.1. The molecule has 0 aliphatic carbocycles. The Morgan fingerprint density at radius 2 is 1.95 bits per heavy atom. The smallest absolute Gasteiger partial charge is 0.321 e. The van der Waals surface area contributed by atoms with Crippen molar-refractivity contribution < 1.29 is 23.1 Å². The van der Waals surface area contributed by atoms with Crippen LogP contribution in [0.15, 0.2) is 29.2 Å². The van der Waals surface area contributed by atoms with E-state index in [1.54, 1.807) is 18.4 Å². The zero-order valence-electron chi connectivity index (χ0n) is 11.0. The summed E-state index contributed by atoms with van der Waals surface area (Å²) in [7, 11) is -3.89. The Hall–Kier alpha value is -1.73. The van der Waals surface area contributed by atoms with Crippen LogP contribution in [0, 0.1) is 6.92 Å². The minimum Gasteiger partial charge on any atom is -0.480 e. The molecule has 0 spiro atoms. The number of carboxylic acids is 1. The maximum absolute atomic E-state index is 12.0. The number of rotatable bonds is 8. The number of carbonyl (C=O) groups is 1. The molecule has 20 heavy (non-hydrogen) atoms. The van der Waals surface area contributed by atoms with E-state index in [0.29, 0.717) is 0 Å². The van der Waals surface area contributed by atoms with Crippen molar-refractivity contribution in [2.24, 2.45) is 0 Å². The quantitative estimate of drug-likeness (QED) is 0.697. The summed E-state index contributed by atoms with van der Waals surface area (Å²) in [5, 5.41) is 9.00. The molecule has 0 fully saturated rings. The van der Waals surface area contributed by atoms with E-state index in [0.717, 1.165) is 5.56 Å². The number of sulfonamides is 1. The maximum atomic E-state index is 12.0. The van der Waals surface area contributed by atoms with E-state index in [1.165, 1.54) is 12.1 Å². The van der Waals surface area contributed by atoms with Gasteiger partial charge in [-0.15, -0.1) is 0 Å². The van der Waals surface area contributed by atoms with Gasteiger partial charge >= 0.3 is 5.97 Å². The fourth-order valence-corrected chi connectivity index (χ4v) is 2.81. The Labute approximate surface area is 117 Å². The first-order valence-corrected chi connectivity index (χ1v) is 7.52. The predicted octanol–water partition coefficient (Wildman–Crippen LogP) is 1.01. The van der Waals surface area contributed by atoms with E-state index in [-0.39, 0.29) is 24.2 Å². The first kappa shape index (κ1) is 16.3. The van der Waals surface area contributed by atoms with E-state index in [9.17, 15) is 18.0 Å². The van der Waals surface area contributed by atoms with E-state index in [2.05, 4.69) is 4.72 Å². The van der Waals surface area contributed by atoms with E-state index in [1.807, 2.05) is 6.92 Å². The largest absolute Gasteiger partial charge is 0.480 e. The second-order valence-corrected chi connectivity index (χ2v) is 6.08. The Bertz CT molecular complexity index is 565. The van der Waals surface area contributed by atoms with Gasteiger partial charge in [0, 0.05) is 6.42 Å². The number of aliphatic carboxylic acids is 1. The molecule has 2 N–H and O–H groups in total. The van der Waals surface area contributed by atoms with Gasteiger partial charge in [0.2, 0.25) is 10.0 Å². The fourth-order valence-electron chi connectivity index (χ4n) is 1.58. The normalized spacial score (nSPS) is 12.8. The van der Waals surface area contributed by atoms with Crippen molar-refractivity contribution in [2.75, 3.05) is 0 Å². The number of nitrogens with one attached hydrogen (secondary N) is 1. The minimum absolute atomic E-state index is 0.0105. The average Bonchev–Trinajstić information content (AvgIpc) is 2.38. The van der Waals surface area contributed by atoms with Gasteiger partial charge in [-0.05, 0) is 31.9 Å². The van der Waals surface area contributed by atoms with Crippen molar-refractivity contribution >= 4 is 22.3 Å².